The van der Waals surface area contributed by atoms with E-state index in [1.807, 2.05) is 38.1 Å². The fourth-order valence-electron chi connectivity index (χ4n) is 2.59. The highest BCUT2D eigenvalue weighted by atomic mass is 32.2. The molecule has 2 aromatic rings. The maximum atomic E-state index is 12.3. The number of rotatable bonds is 5. The summed E-state index contributed by atoms with van der Waals surface area (Å²) in [4.78, 5) is 0.167. The molecule has 1 heterocycles. The van der Waals surface area contributed by atoms with Crippen molar-refractivity contribution < 1.29 is 22.1 Å². The van der Waals surface area contributed by atoms with Crippen LogP contribution in [0, 0.1) is 0 Å². The highest BCUT2D eigenvalue weighted by molar-refractivity contribution is 7.86. The zero-order valence-corrected chi connectivity index (χ0v) is 14.0. The summed E-state index contributed by atoms with van der Waals surface area (Å²) in [5.41, 5.74) is 0. The monoisotopic (exact) mass is 336 g/mol. The fourth-order valence-corrected chi connectivity index (χ4v) is 3.54. The van der Waals surface area contributed by atoms with E-state index >= 15 is 0 Å². The largest absolute Gasteiger partial charge is 0.348 e. The first-order valence-electron chi connectivity index (χ1n) is 7.56. The van der Waals surface area contributed by atoms with Crippen LogP contribution in [0.25, 0.3) is 10.8 Å². The van der Waals surface area contributed by atoms with Crippen LogP contribution >= 0.6 is 0 Å². The van der Waals surface area contributed by atoms with Crippen LogP contribution in [-0.2, 0) is 23.8 Å². The van der Waals surface area contributed by atoms with Gasteiger partial charge in [-0.05, 0) is 36.8 Å². The van der Waals surface area contributed by atoms with E-state index in [4.69, 9.17) is 13.7 Å². The molecule has 23 heavy (non-hydrogen) atoms. The summed E-state index contributed by atoms with van der Waals surface area (Å²) >= 11 is 0. The molecule has 0 aliphatic carbocycles. The first kappa shape index (κ1) is 16.4. The molecule has 1 atom stereocenters. The van der Waals surface area contributed by atoms with Crippen molar-refractivity contribution in [3.8, 4) is 0 Å². The van der Waals surface area contributed by atoms with Crippen LogP contribution in [0.15, 0.2) is 47.4 Å². The van der Waals surface area contributed by atoms with Gasteiger partial charge in [0, 0.05) is 6.42 Å². The lowest BCUT2D eigenvalue weighted by atomic mass is 10.1. The third kappa shape index (κ3) is 3.90. The van der Waals surface area contributed by atoms with E-state index in [1.54, 1.807) is 18.2 Å². The van der Waals surface area contributed by atoms with Crippen LogP contribution < -0.4 is 0 Å². The molecule has 3 rings (SSSR count). The molecular weight excluding hydrogens is 316 g/mol. The zero-order chi connectivity index (χ0) is 16.5. The van der Waals surface area contributed by atoms with Gasteiger partial charge >= 0.3 is 0 Å². The van der Waals surface area contributed by atoms with Crippen molar-refractivity contribution in [1.82, 2.24) is 0 Å². The maximum absolute atomic E-state index is 12.3. The Hall–Kier alpha value is -1.47. The lowest BCUT2D eigenvalue weighted by Gasteiger charge is -2.16. The molecule has 5 nitrogen and oxygen atoms in total. The zero-order valence-electron chi connectivity index (χ0n) is 13.2. The number of ether oxygens (including phenoxy) is 2. The van der Waals surface area contributed by atoms with Crippen LogP contribution in [0.5, 0.6) is 0 Å². The molecule has 1 fully saturated rings. The van der Waals surface area contributed by atoms with Gasteiger partial charge in [0.15, 0.2) is 5.79 Å². The van der Waals surface area contributed by atoms with E-state index in [1.165, 1.54) is 0 Å². The Morgan fingerprint density at radius 3 is 2.61 bits per heavy atom. The molecule has 1 saturated heterocycles. The topological polar surface area (TPSA) is 61.8 Å². The van der Waals surface area contributed by atoms with Gasteiger partial charge in [0.2, 0.25) is 0 Å². The predicted octanol–water partition coefficient (Wildman–Crippen LogP) is 3.09. The second-order valence-corrected chi connectivity index (χ2v) is 7.64. The second-order valence-electron chi connectivity index (χ2n) is 6.02. The van der Waals surface area contributed by atoms with Crippen LogP contribution in [0.4, 0.5) is 0 Å². The summed E-state index contributed by atoms with van der Waals surface area (Å²) in [6.07, 6.45) is 0.327. The minimum atomic E-state index is -3.77. The summed E-state index contributed by atoms with van der Waals surface area (Å²) in [5.74, 6) is -0.609. The van der Waals surface area contributed by atoms with Gasteiger partial charge in [0.25, 0.3) is 10.1 Å². The molecule has 1 aliphatic rings. The van der Waals surface area contributed by atoms with Gasteiger partial charge in [-0.2, -0.15) is 8.42 Å². The Balaban J connectivity index is 1.64. The summed E-state index contributed by atoms with van der Waals surface area (Å²) in [7, 11) is -3.77. The Labute approximate surface area is 136 Å². The van der Waals surface area contributed by atoms with Gasteiger partial charge in [-0.3, -0.25) is 4.18 Å². The molecule has 1 unspecified atom stereocenters. The van der Waals surface area contributed by atoms with E-state index in [-0.39, 0.29) is 17.6 Å². The average Bonchev–Trinajstić information content (AvgIpc) is 2.86. The number of hydrogen-bond acceptors (Lipinski definition) is 5. The van der Waals surface area contributed by atoms with E-state index in [0.717, 1.165) is 10.8 Å². The molecule has 0 amide bonds. The first-order valence-corrected chi connectivity index (χ1v) is 8.97. The van der Waals surface area contributed by atoms with Gasteiger partial charge < -0.3 is 9.47 Å². The molecule has 6 heteroatoms. The van der Waals surface area contributed by atoms with Crippen LogP contribution in [-0.4, -0.2) is 33.5 Å². The molecule has 124 valence electrons. The Kier molecular flexibility index (Phi) is 4.42. The summed E-state index contributed by atoms with van der Waals surface area (Å²) < 4.78 is 40.8. The number of hydrogen-bond donors (Lipinski definition) is 0. The molecule has 0 aromatic heterocycles. The van der Waals surface area contributed by atoms with Gasteiger partial charge in [-0.1, -0.05) is 30.3 Å². The van der Waals surface area contributed by atoms with Crippen LogP contribution in [0.3, 0.4) is 0 Å². The lowest BCUT2D eigenvalue weighted by Crippen LogP contribution is -2.22. The van der Waals surface area contributed by atoms with E-state index in [2.05, 4.69) is 0 Å². The standard InChI is InChI=1S/C17H20O5S/c1-17(2)20-12-15(22-17)9-10-21-23(18,19)16-8-7-13-5-3-4-6-14(13)11-16/h3-8,11,15H,9-10,12H2,1-2H3. The summed E-state index contributed by atoms with van der Waals surface area (Å²) in [6.45, 7) is 4.19. The highest BCUT2D eigenvalue weighted by Gasteiger charge is 2.32. The SMILES string of the molecule is CC1(C)OCC(CCOS(=O)(=O)c2ccc3ccccc3c2)O1. The Morgan fingerprint density at radius 1 is 1.17 bits per heavy atom. The molecule has 1 aliphatic heterocycles. The normalized spacial score (nSPS) is 20.9. The van der Waals surface area contributed by atoms with Crippen molar-refractivity contribution in [3.63, 3.8) is 0 Å². The number of fused-ring (bicyclic) bond motifs is 1. The van der Waals surface area contributed by atoms with Gasteiger partial charge in [-0.25, -0.2) is 0 Å². The second kappa shape index (κ2) is 6.20. The van der Waals surface area contributed by atoms with Crippen molar-refractivity contribution >= 4 is 20.9 Å². The molecule has 0 bridgehead atoms. The van der Waals surface area contributed by atoms with Crippen molar-refractivity contribution in [2.75, 3.05) is 13.2 Å². The van der Waals surface area contributed by atoms with Crippen molar-refractivity contribution in [2.45, 2.75) is 37.1 Å². The smallest absolute Gasteiger partial charge is 0.296 e. The summed E-state index contributed by atoms with van der Waals surface area (Å²) in [6, 6.07) is 12.6. The van der Waals surface area contributed by atoms with Crippen LogP contribution in [0.2, 0.25) is 0 Å². The molecule has 0 saturated carbocycles. The lowest BCUT2D eigenvalue weighted by molar-refractivity contribution is -0.139. The fraction of sp³-hybridized carbons (Fsp3) is 0.412. The van der Waals surface area contributed by atoms with Crippen LogP contribution in [0.1, 0.15) is 20.3 Å². The molecule has 0 spiro atoms. The molecule has 2 aromatic carbocycles. The van der Waals surface area contributed by atoms with Gasteiger partial charge in [-0.15, -0.1) is 0 Å². The summed E-state index contributed by atoms with van der Waals surface area (Å²) in [5, 5.41) is 1.86. The Bertz CT molecular complexity index is 797. The predicted molar refractivity (Wildman–Crippen MR) is 86.6 cm³/mol. The minimum absolute atomic E-state index is 0.0687. The third-order valence-electron chi connectivity index (χ3n) is 3.76. The minimum Gasteiger partial charge on any atom is -0.348 e. The molecular formula is C17H20O5S. The average molecular weight is 336 g/mol. The van der Waals surface area contributed by atoms with E-state index < -0.39 is 15.9 Å². The molecule has 0 radical (unpaired) electrons. The van der Waals surface area contributed by atoms with E-state index in [0.29, 0.717) is 13.0 Å². The first-order chi connectivity index (χ1) is 10.9. The third-order valence-corrected chi connectivity index (χ3v) is 5.06. The highest BCUT2D eigenvalue weighted by Crippen LogP contribution is 2.25. The quantitative estimate of drug-likeness (QED) is 0.785. The van der Waals surface area contributed by atoms with Crippen molar-refractivity contribution in [1.29, 1.82) is 0 Å². The molecule has 0 N–H and O–H groups in total. The van der Waals surface area contributed by atoms with E-state index in [9.17, 15) is 8.42 Å². The van der Waals surface area contributed by atoms with Gasteiger partial charge in [0.1, 0.15) is 0 Å². The number of benzene rings is 2. The maximum Gasteiger partial charge on any atom is 0.296 e. The Morgan fingerprint density at radius 2 is 1.91 bits per heavy atom. The van der Waals surface area contributed by atoms with Crippen molar-refractivity contribution in [3.05, 3.63) is 42.5 Å². The van der Waals surface area contributed by atoms with Gasteiger partial charge in [0.05, 0.1) is 24.2 Å². The van der Waals surface area contributed by atoms with Crippen molar-refractivity contribution in [2.24, 2.45) is 0 Å².